The Hall–Kier alpha value is -2.38. The van der Waals surface area contributed by atoms with Crippen LogP contribution in [-0.2, 0) is 11.3 Å². The van der Waals surface area contributed by atoms with Gasteiger partial charge in [-0.2, -0.15) is 0 Å². The number of pyridine rings is 1. The van der Waals surface area contributed by atoms with Crippen molar-refractivity contribution in [2.45, 2.75) is 18.5 Å². The third-order valence-electron chi connectivity index (χ3n) is 5.69. The molecule has 4 rings (SSSR count). The third kappa shape index (κ3) is 3.44. The predicted molar refractivity (Wildman–Crippen MR) is 98.2 cm³/mol. The van der Waals surface area contributed by atoms with Crippen molar-refractivity contribution in [3.63, 3.8) is 0 Å². The lowest BCUT2D eigenvalue weighted by molar-refractivity contribution is -0.123. The molecule has 2 aliphatic rings. The zero-order valence-electron chi connectivity index (χ0n) is 15.2. The highest BCUT2D eigenvalue weighted by atomic mass is 19.2. The third-order valence-corrected chi connectivity index (χ3v) is 5.69. The van der Waals surface area contributed by atoms with Gasteiger partial charge in [0.05, 0.1) is 24.0 Å². The highest BCUT2D eigenvalue weighted by Crippen LogP contribution is 2.33. The molecular weight excluding hydrogens is 350 g/mol. The summed E-state index contributed by atoms with van der Waals surface area (Å²) in [6.45, 7) is 3.13. The van der Waals surface area contributed by atoms with E-state index in [0.29, 0.717) is 19.6 Å². The van der Waals surface area contributed by atoms with Crippen molar-refractivity contribution in [3.05, 3.63) is 59.9 Å². The van der Waals surface area contributed by atoms with Gasteiger partial charge in [0, 0.05) is 32.4 Å². The lowest BCUT2D eigenvalue weighted by atomic mass is 9.92. The quantitative estimate of drug-likeness (QED) is 0.829. The summed E-state index contributed by atoms with van der Waals surface area (Å²) in [6, 6.07) is 7.79. The van der Waals surface area contributed by atoms with Crippen molar-refractivity contribution in [2.75, 3.05) is 38.1 Å². The molecule has 3 heterocycles. The van der Waals surface area contributed by atoms with Gasteiger partial charge < -0.3 is 4.90 Å². The second kappa shape index (κ2) is 6.98. The molecule has 2 fully saturated rings. The summed E-state index contributed by atoms with van der Waals surface area (Å²) < 4.78 is 26.6. The minimum atomic E-state index is -0.825. The second-order valence-corrected chi connectivity index (χ2v) is 7.48. The molecule has 0 radical (unpaired) electrons. The molecule has 27 heavy (non-hydrogen) atoms. The van der Waals surface area contributed by atoms with Crippen molar-refractivity contribution in [2.24, 2.45) is 0 Å². The van der Waals surface area contributed by atoms with Gasteiger partial charge in [-0.15, -0.1) is 0 Å². The van der Waals surface area contributed by atoms with Crippen LogP contribution in [0.1, 0.15) is 12.0 Å². The van der Waals surface area contributed by atoms with E-state index in [9.17, 15) is 13.6 Å². The number of rotatable bonds is 3. The fourth-order valence-electron chi connectivity index (χ4n) is 4.12. The van der Waals surface area contributed by atoms with Gasteiger partial charge >= 0.3 is 0 Å². The van der Waals surface area contributed by atoms with Crippen molar-refractivity contribution >= 4 is 11.6 Å². The molecule has 0 saturated carbocycles. The van der Waals surface area contributed by atoms with Crippen molar-refractivity contribution < 1.29 is 13.6 Å². The number of anilines is 1. The molecule has 1 unspecified atom stereocenters. The Morgan fingerprint density at radius 1 is 1.19 bits per heavy atom. The van der Waals surface area contributed by atoms with Crippen LogP contribution in [0.4, 0.5) is 14.5 Å². The number of aromatic nitrogens is 1. The van der Waals surface area contributed by atoms with Crippen LogP contribution in [0.5, 0.6) is 0 Å². The van der Waals surface area contributed by atoms with Crippen LogP contribution in [-0.4, -0.2) is 59.5 Å². The van der Waals surface area contributed by atoms with Crippen LogP contribution in [0.15, 0.2) is 42.7 Å². The molecule has 2 saturated heterocycles. The fourth-order valence-corrected chi connectivity index (χ4v) is 4.12. The smallest absolute Gasteiger partial charge is 0.241 e. The molecule has 1 aromatic carbocycles. The lowest BCUT2D eigenvalue weighted by Crippen LogP contribution is -2.64. The van der Waals surface area contributed by atoms with Gasteiger partial charge in [-0.25, -0.2) is 8.78 Å². The number of piperazine rings is 1. The van der Waals surface area contributed by atoms with E-state index in [-0.39, 0.29) is 11.4 Å². The van der Waals surface area contributed by atoms with Crippen molar-refractivity contribution in [3.8, 4) is 0 Å². The Morgan fingerprint density at radius 3 is 2.78 bits per heavy atom. The van der Waals surface area contributed by atoms with E-state index in [1.165, 1.54) is 12.1 Å². The summed E-state index contributed by atoms with van der Waals surface area (Å²) >= 11 is 0. The number of amides is 1. The number of nitrogens with zero attached hydrogens (tertiary/aromatic N) is 4. The molecule has 2 aromatic rings. The number of hydrogen-bond acceptors (Lipinski definition) is 4. The summed E-state index contributed by atoms with van der Waals surface area (Å²) in [5.41, 5.74) is 1.42. The van der Waals surface area contributed by atoms with Crippen LogP contribution >= 0.6 is 0 Å². The van der Waals surface area contributed by atoms with E-state index in [1.54, 1.807) is 18.5 Å². The molecule has 1 spiro atoms. The average molecular weight is 372 g/mol. The summed E-state index contributed by atoms with van der Waals surface area (Å²) in [7, 11) is 1.99. The number of likely N-dealkylation sites (tertiary alicyclic amines) is 1. The van der Waals surface area contributed by atoms with Crippen LogP contribution in [0.2, 0.25) is 0 Å². The molecule has 7 heteroatoms. The summed E-state index contributed by atoms with van der Waals surface area (Å²) in [5.74, 6) is -1.57. The Bertz CT molecular complexity index is 847. The molecule has 0 bridgehead atoms. The first-order chi connectivity index (χ1) is 13.0. The van der Waals surface area contributed by atoms with E-state index in [0.717, 1.165) is 30.8 Å². The molecule has 0 N–H and O–H groups in total. The minimum Gasteiger partial charge on any atom is -0.308 e. The van der Waals surface area contributed by atoms with Crippen LogP contribution in [0, 0.1) is 11.6 Å². The maximum absolute atomic E-state index is 13.5. The molecule has 142 valence electrons. The molecular formula is C20H22F2N4O. The highest BCUT2D eigenvalue weighted by Gasteiger charge is 2.47. The topological polar surface area (TPSA) is 39.7 Å². The van der Waals surface area contributed by atoms with Crippen LogP contribution in [0.3, 0.4) is 0 Å². The molecule has 1 aromatic heterocycles. The van der Waals surface area contributed by atoms with Crippen molar-refractivity contribution in [1.82, 2.24) is 14.8 Å². The first-order valence-corrected chi connectivity index (χ1v) is 9.05. The Balaban J connectivity index is 1.50. The SMILES string of the molecule is CN1CC(=O)N(c2cccnc2)CC12CCN(Cc1ccc(F)c(F)c1)C2. The van der Waals surface area contributed by atoms with Gasteiger partial charge in [0.15, 0.2) is 11.6 Å². The number of hydrogen-bond donors (Lipinski definition) is 0. The van der Waals surface area contributed by atoms with Crippen LogP contribution < -0.4 is 4.90 Å². The van der Waals surface area contributed by atoms with E-state index in [1.807, 2.05) is 24.1 Å². The standard InChI is InChI=1S/C20H22F2N4O/c1-24-12-19(27)26(16-3-2-7-23-10-16)14-20(24)6-8-25(13-20)11-15-4-5-17(21)18(22)9-15/h2-5,7,9-10H,6,8,11-14H2,1H3. The van der Waals surface area contributed by atoms with E-state index in [2.05, 4.69) is 14.8 Å². The zero-order valence-corrected chi connectivity index (χ0v) is 15.2. The van der Waals surface area contributed by atoms with Gasteiger partial charge in [-0.1, -0.05) is 6.07 Å². The number of halogens is 2. The Labute approximate surface area is 157 Å². The maximum Gasteiger partial charge on any atom is 0.241 e. The summed E-state index contributed by atoms with van der Waals surface area (Å²) in [4.78, 5) is 22.9. The summed E-state index contributed by atoms with van der Waals surface area (Å²) in [5, 5.41) is 0. The maximum atomic E-state index is 13.5. The molecule has 5 nitrogen and oxygen atoms in total. The first kappa shape index (κ1) is 18.0. The second-order valence-electron chi connectivity index (χ2n) is 7.48. The monoisotopic (exact) mass is 372 g/mol. The molecule has 1 atom stereocenters. The summed E-state index contributed by atoms with van der Waals surface area (Å²) in [6.07, 6.45) is 4.32. The predicted octanol–water partition coefficient (Wildman–Crippen LogP) is 2.28. The Morgan fingerprint density at radius 2 is 2.04 bits per heavy atom. The van der Waals surface area contributed by atoms with E-state index < -0.39 is 11.6 Å². The van der Waals surface area contributed by atoms with Gasteiger partial charge in [0.1, 0.15) is 0 Å². The number of likely N-dealkylation sites (N-methyl/N-ethyl adjacent to an activating group) is 1. The van der Waals surface area contributed by atoms with Crippen molar-refractivity contribution in [1.29, 1.82) is 0 Å². The number of carbonyl (C=O) groups excluding carboxylic acids is 1. The number of benzene rings is 1. The molecule has 1 amide bonds. The number of carbonyl (C=O) groups is 1. The first-order valence-electron chi connectivity index (χ1n) is 9.05. The van der Waals surface area contributed by atoms with E-state index in [4.69, 9.17) is 0 Å². The normalized spacial score (nSPS) is 24.1. The van der Waals surface area contributed by atoms with Gasteiger partial charge in [0.2, 0.25) is 5.91 Å². The molecule has 0 aliphatic carbocycles. The molecule has 2 aliphatic heterocycles. The fraction of sp³-hybridized carbons (Fsp3) is 0.400. The zero-order chi connectivity index (χ0) is 19.0. The lowest BCUT2D eigenvalue weighted by Gasteiger charge is -2.46. The largest absolute Gasteiger partial charge is 0.308 e. The van der Waals surface area contributed by atoms with Gasteiger partial charge in [-0.05, 0) is 43.3 Å². The van der Waals surface area contributed by atoms with Gasteiger partial charge in [-0.3, -0.25) is 19.6 Å². The van der Waals surface area contributed by atoms with Gasteiger partial charge in [0.25, 0.3) is 0 Å². The highest BCUT2D eigenvalue weighted by molar-refractivity contribution is 5.95. The Kier molecular flexibility index (Phi) is 4.65. The average Bonchev–Trinajstić information content (AvgIpc) is 3.06. The van der Waals surface area contributed by atoms with E-state index >= 15 is 0 Å². The minimum absolute atomic E-state index is 0.0650. The van der Waals surface area contributed by atoms with Crippen LogP contribution in [0.25, 0.3) is 0 Å².